The molecule has 0 radical (unpaired) electrons. The van der Waals surface area contributed by atoms with E-state index in [0.717, 1.165) is 12.8 Å². The molecule has 1 saturated heterocycles. The lowest BCUT2D eigenvalue weighted by Gasteiger charge is -2.33. The maximum atomic E-state index is 12.6. The Morgan fingerprint density at radius 1 is 1.20 bits per heavy atom. The molecule has 1 N–H and O–H groups in total. The van der Waals surface area contributed by atoms with E-state index < -0.39 is 18.2 Å². The first-order valence-electron chi connectivity index (χ1n) is 7.59. The number of carboxylic acid groups (broad SMARTS) is 1. The molecule has 0 aromatic heterocycles. The number of hydrogen-bond donors (Lipinski definition) is 1. The lowest BCUT2D eigenvalue weighted by molar-refractivity contribution is -0.156. The standard InChI is InChI=1S/C15H27NO4/c1-5-11(6-2)16(9-10(3)4)14(17)12-7-8-13(20-12)15(18)19/h10-13H,5-9H2,1-4H3,(H,18,19)/t12-,13+/m0/s1. The maximum Gasteiger partial charge on any atom is 0.332 e. The summed E-state index contributed by atoms with van der Waals surface area (Å²) in [5.41, 5.74) is 0. The van der Waals surface area contributed by atoms with Crippen molar-refractivity contribution in [1.29, 1.82) is 0 Å². The normalized spacial score (nSPS) is 22.5. The minimum absolute atomic E-state index is 0.0452. The number of carboxylic acids is 1. The third kappa shape index (κ3) is 4.20. The van der Waals surface area contributed by atoms with Crippen molar-refractivity contribution in [2.24, 2.45) is 5.92 Å². The summed E-state index contributed by atoms with van der Waals surface area (Å²) in [6, 6.07) is 0.206. The zero-order chi connectivity index (χ0) is 15.3. The Kier molecular flexibility index (Phi) is 6.46. The van der Waals surface area contributed by atoms with Crippen molar-refractivity contribution >= 4 is 11.9 Å². The van der Waals surface area contributed by atoms with Gasteiger partial charge in [0.15, 0.2) is 6.10 Å². The van der Waals surface area contributed by atoms with Gasteiger partial charge in [-0.15, -0.1) is 0 Å². The monoisotopic (exact) mass is 285 g/mol. The summed E-state index contributed by atoms with van der Waals surface area (Å²) < 4.78 is 5.40. The van der Waals surface area contributed by atoms with Crippen LogP contribution in [0.3, 0.4) is 0 Å². The van der Waals surface area contributed by atoms with Gasteiger partial charge < -0.3 is 14.7 Å². The first kappa shape index (κ1) is 17.0. The molecular weight excluding hydrogens is 258 g/mol. The van der Waals surface area contributed by atoms with Gasteiger partial charge >= 0.3 is 5.97 Å². The highest BCUT2D eigenvalue weighted by Gasteiger charge is 2.38. The Hall–Kier alpha value is -1.10. The van der Waals surface area contributed by atoms with Gasteiger partial charge in [-0.05, 0) is 31.6 Å². The van der Waals surface area contributed by atoms with Crippen molar-refractivity contribution in [3.8, 4) is 0 Å². The Labute approximate surface area is 121 Å². The number of hydrogen-bond acceptors (Lipinski definition) is 3. The number of carbonyl (C=O) groups excluding carboxylic acids is 1. The molecule has 2 atom stereocenters. The molecule has 0 bridgehead atoms. The van der Waals surface area contributed by atoms with E-state index in [4.69, 9.17) is 9.84 Å². The van der Waals surface area contributed by atoms with Crippen LogP contribution in [0.25, 0.3) is 0 Å². The number of nitrogens with zero attached hydrogens (tertiary/aromatic N) is 1. The zero-order valence-corrected chi connectivity index (χ0v) is 13.0. The van der Waals surface area contributed by atoms with Crippen molar-refractivity contribution in [2.45, 2.75) is 71.6 Å². The molecule has 5 heteroatoms. The largest absolute Gasteiger partial charge is 0.479 e. The topological polar surface area (TPSA) is 66.8 Å². The van der Waals surface area contributed by atoms with E-state index in [1.807, 2.05) is 4.90 Å². The molecule has 0 unspecified atom stereocenters. The summed E-state index contributed by atoms with van der Waals surface area (Å²) in [4.78, 5) is 25.4. The lowest BCUT2D eigenvalue weighted by Crippen LogP contribution is -2.47. The number of ether oxygens (including phenoxy) is 1. The van der Waals surface area contributed by atoms with E-state index in [0.29, 0.717) is 25.3 Å². The average Bonchev–Trinajstić information content (AvgIpc) is 2.87. The number of rotatable bonds is 7. The van der Waals surface area contributed by atoms with Crippen LogP contribution < -0.4 is 0 Å². The molecule has 1 aliphatic rings. The van der Waals surface area contributed by atoms with Crippen molar-refractivity contribution < 1.29 is 19.4 Å². The molecule has 0 spiro atoms. The van der Waals surface area contributed by atoms with Crippen molar-refractivity contribution in [2.75, 3.05) is 6.54 Å². The van der Waals surface area contributed by atoms with Gasteiger partial charge in [0.25, 0.3) is 5.91 Å². The summed E-state index contributed by atoms with van der Waals surface area (Å²) in [7, 11) is 0. The van der Waals surface area contributed by atoms with E-state index in [-0.39, 0.29) is 11.9 Å². The summed E-state index contributed by atoms with van der Waals surface area (Å²) >= 11 is 0. The predicted octanol–water partition coefficient (Wildman–Crippen LogP) is 2.29. The molecular formula is C15H27NO4. The highest BCUT2D eigenvalue weighted by molar-refractivity contribution is 5.83. The minimum Gasteiger partial charge on any atom is -0.479 e. The van der Waals surface area contributed by atoms with Crippen LogP contribution in [0.2, 0.25) is 0 Å². The van der Waals surface area contributed by atoms with Gasteiger partial charge in [-0.25, -0.2) is 4.79 Å². The molecule has 0 aliphatic carbocycles. The third-order valence-corrected chi connectivity index (χ3v) is 3.80. The molecule has 0 aromatic rings. The van der Waals surface area contributed by atoms with E-state index in [1.165, 1.54) is 0 Å². The summed E-state index contributed by atoms with van der Waals surface area (Å²) in [5, 5.41) is 8.95. The first-order valence-corrected chi connectivity index (χ1v) is 7.59. The molecule has 116 valence electrons. The van der Waals surface area contributed by atoms with Crippen LogP contribution in [-0.2, 0) is 14.3 Å². The fourth-order valence-electron chi connectivity index (χ4n) is 2.73. The van der Waals surface area contributed by atoms with Crippen LogP contribution in [-0.4, -0.2) is 46.7 Å². The second-order valence-electron chi connectivity index (χ2n) is 5.88. The molecule has 1 amide bonds. The second kappa shape index (κ2) is 7.62. The highest BCUT2D eigenvalue weighted by Crippen LogP contribution is 2.24. The van der Waals surface area contributed by atoms with Gasteiger partial charge in [0.05, 0.1) is 0 Å². The van der Waals surface area contributed by atoms with Gasteiger partial charge in [0.1, 0.15) is 6.10 Å². The fourth-order valence-corrected chi connectivity index (χ4v) is 2.73. The SMILES string of the molecule is CCC(CC)N(CC(C)C)C(=O)[C@@H]1CC[C@H](C(=O)O)O1. The van der Waals surface area contributed by atoms with Crippen LogP contribution in [0.15, 0.2) is 0 Å². The average molecular weight is 285 g/mol. The number of amides is 1. The first-order chi connectivity index (χ1) is 9.40. The molecule has 1 rings (SSSR count). The van der Waals surface area contributed by atoms with Gasteiger partial charge in [-0.2, -0.15) is 0 Å². The summed E-state index contributed by atoms with van der Waals surface area (Å²) in [6.07, 6.45) is 1.32. The van der Waals surface area contributed by atoms with Gasteiger partial charge in [0, 0.05) is 12.6 Å². The molecule has 20 heavy (non-hydrogen) atoms. The number of aliphatic carboxylic acids is 1. The quantitative estimate of drug-likeness (QED) is 0.779. The summed E-state index contributed by atoms with van der Waals surface area (Å²) in [6.45, 7) is 9.01. The highest BCUT2D eigenvalue weighted by atomic mass is 16.5. The molecule has 1 fully saturated rings. The summed E-state index contributed by atoms with van der Waals surface area (Å²) in [5.74, 6) is -0.634. The van der Waals surface area contributed by atoms with Crippen LogP contribution in [0.5, 0.6) is 0 Å². The molecule has 0 aromatic carbocycles. The van der Waals surface area contributed by atoms with E-state index in [2.05, 4.69) is 27.7 Å². The van der Waals surface area contributed by atoms with Crippen LogP contribution in [0, 0.1) is 5.92 Å². The molecule has 1 aliphatic heterocycles. The predicted molar refractivity (Wildman–Crippen MR) is 76.5 cm³/mol. The minimum atomic E-state index is -0.974. The van der Waals surface area contributed by atoms with Crippen LogP contribution >= 0.6 is 0 Å². The number of carbonyl (C=O) groups is 2. The van der Waals surface area contributed by atoms with Crippen molar-refractivity contribution in [1.82, 2.24) is 4.90 Å². The fraction of sp³-hybridized carbons (Fsp3) is 0.867. The second-order valence-corrected chi connectivity index (χ2v) is 5.88. The smallest absolute Gasteiger partial charge is 0.332 e. The van der Waals surface area contributed by atoms with E-state index in [1.54, 1.807) is 0 Å². The van der Waals surface area contributed by atoms with Crippen molar-refractivity contribution in [3.05, 3.63) is 0 Å². The van der Waals surface area contributed by atoms with Gasteiger partial charge in [-0.3, -0.25) is 4.79 Å². The van der Waals surface area contributed by atoms with E-state index in [9.17, 15) is 9.59 Å². The molecule has 0 saturated carbocycles. The Morgan fingerprint density at radius 3 is 2.15 bits per heavy atom. The maximum absolute atomic E-state index is 12.6. The van der Waals surface area contributed by atoms with Crippen LogP contribution in [0.1, 0.15) is 53.4 Å². The van der Waals surface area contributed by atoms with E-state index >= 15 is 0 Å². The van der Waals surface area contributed by atoms with Gasteiger partial charge in [0.2, 0.25) is 0 Å². The van der Waals surface area contributed by atoms with Gasteiger partial charge in [-0.1, -0.05) is 27.7 Å². The molecule has 1 heterocycles. The van der Waals surface area contributed by atoms with Crippen LogP contribution in [0.4, 0.5) is 0 Å². The Balaban J connectivity index is 2.75. The Bertz CT molecular complexity index is 339. The Morgan fingerprint density at radius 2 is 1.75 bits per heavy atom. The molecule has 5 nitrogen and oxygen atoms in total. The third-order valence-electron chi connectivity index (χ3n) is 3.80. The zero-order valence-electron chi connectivity index (χ0n) is 13.0. The van der Waals surface area contributed by atoms with Crippen molar-refractivity contribution in [3.63, 3.8) is 0 Å². The lowest BCUT2D eigenvalue weighted by atomic mass is 10.1.